The fourth-order valence-electron chi connectivity index (χ4n) is 3.73. The molecule has 1 aliphatic rings. The maximum atomic E-state index is 13.4. The summed E-state index contributed by atoms with van der Waals surface area (Å²) in [7, 11) is 0. The number of ketones is 2. The van der Waals surface area contributed by atoms with Crippen LogP contribution in [0.4, 0.5) is 5.69 Å². The Bertz CT molecular complexity index is 1160. The molecule has 3 aromatic carbocycles. The summed E-state index contributed by atoms with van der Waals surface area (Å²) in [5.74, 6) is -1.03. The van der Waals surface area contributed by atoms with Gasteiger partial charge in [0, 0.05) is 34.0 Å². The van der Waals surface area contributed by atoms with Crippen LogP contribution in [0, 0.1) is 0 Å². The standard InChI is InChI=1S/C24H19NO4/c1-2-11-29-13-14-7-3-4-8-15(14)20-18(25)12-19(26)21-22(20)24(28)17-10-6-5-9-16(17)23(21)27/h2-10,12,26H,1,11,13,25H2. The summed E-state index contributed by atoms with van der Waals surface area (Å²) in [4.78, 5) is 26.4. The van der Waals surface area contributed by atoms with Crippen molar-refractivity contribution in [2.45, 2.75) is 6.61 Å². The van der Waals surface area contributed by atoms with Gasteiger partial charge in [-0.25, -0.2) is 0 Å². The Kier molecular flexibility index (Phi) is 4.74. The molecule has 0 fully saturated rings. The first-order valence-corrected chi connectivity index (χ1v) is 9.15. The number of nitrogens with two attached hydrogens (primary N) is 1. The van der Waals surface area contributed by atoms with Crippen molar-refractivity contribution in [1.82, 2.24) is 0 Å². The molecule has 0 saturated carbocycles. The van der Waals surface area contributed by atoms with Crippen molar-refractivity contribution in [3.05, 3.63) is 95.1 Å². The fraction of sp³-hybridized carbons (Fsp3) is 0.0833. The lowest BCUT2D eigenvalue weighted by atomic mass is 9.79. The molecule has 29 heavy (non-hydrogen) atoms. The number of carbonyl (C=O) groups is 2. The maximum absolute atomic E-state index is 13.4. The quantitative estimate of drug-likeness (QED) is 0.306. The van der Waals surface area contributed by atoms with Gasteiger partial charge < -0.3 is 15.6 Å². The van der Waals surface area contributed by atoms with E-state index in [4.69, 9.17) is 10.5 Å². The highest BCUT2D eigenvalue weighted by Crippen LogP contribution is 2.43. The smallest absolute Gasteiger partial charge is 0.198 e. The lowest BCUT2D eigenvalue weighted by Crippen LogP contribution is -2.22. The van der Waals surface area contributed by atoms with Crippen LogP contribution < -0.4 is 5.73 Å². The van der Waals surface area contributed by atoms with E-state index in [-0.39, 0.29) is 40.5 Å². The second kappa shape index (κ2) is 7.37. The summed E-state index contributed by atoms with van der Waals surface area (Å²) in [6, 6.07) is 15.3. The average Bonchev–Trinajstić information content (AvgIpc) is 2.72. The van der Waals surface area contributed by atoms with Crippen LogP contribution in [0.1, 0.15) is 37.4 Å². The van der Waals surface area contributed by atoms with E-state index in [1.165, 1.54) is 6.07 Å². The Morgan fingerprint density at radius 1 is 0.897 bits per heavy atom. The number of rotatable bonds is 5. The van der Waals surface area contributed by atoms with Crippen molar-refractivity contribution in [1.29, 1.82) is 0 Å². The number of phenols is 1. The predicted octanol–water partition coefficient (Wildman–Crippen LogP) is 4.12. The van der Waals surface area contributed by atoms with E-state index in [1.807, 2.05) is 24.3 Å². The molecular formula is C24H19NO4. The lowest BCUT2D eigenvalue weighted by Gasteiger charge is -2.23. The molecule has 0 aromatic heterocycles. The second-order valence-electron chi connectivity index (χ2n) is 6.77. The molecule has 3 N–H and O–H groups in total. The lowest BCUT2D eigenvalue weighted by molar-refractivity contribution is 0.0977. The van der Waals surface area contributed by atoms with Gasteiger partial charge in [0.2, 0.25) is 0 Å². The summed E-state index contributed by atoms with van der Waals surface area (Å²) in [5, 5.41) is 10.5. The number of benzene rings is 3. The summed E-state index contributed by atoms with van der Waals surface area (Å²) in [6.07, 6.45) is 1.65. The van der Waals surface area contributed by atoms with Crippen molar-refractivity contribution in [3.63, 3.8) is 0 Å². The number of hydrogen-bond donors (Lipinski definition) is 2. The van der Waals surface area contributed by atoms with Crippen LogP contribution in [0.15, 0.2) is 67.3 Å². The molecule has 0 amide bonds. The predicted molar refractivity (Wildman–Crippen MR) is 111 cm³/mol. The van der Waals surface area contributed by atoms with Crippen molar-refractivity contribution < 1.29 is 19.4 Å². The first-order chi connectivity index (χ1) is 14.0. The third-order valence-electron chi connectivity index (χ3n) is 4.99. The molecule has 0 unspecified atom stereocenters. The minimum Gasteiger partial charge on any atom is -0.507 e. The number of fused-ring (bicyclic) bond motifs is 2. The van der Waals surface area contributed by atoms with Crippen molar-refractivity contribution in [3.8, 4) is 16.9 Å². The van der Waals surface area contributed by atoms with E-state index in [9.17, 15) is 14.7 Å². The maximum Gasteiger partial charge on any atom is 0.198 e. The molecule has 5 heteroatoms. The molecule has 0 heterocycles. The highest BCUT2D eigenvalue weighted by molar-refractivity contribution is 6.32. The Balaban J connectivity index is 1.98. The van der Waals surface area contributed by atoms with Gasteiger partial charge in [0.15, 0.2) is 11.6 Å². The molecule has 0 saturated heterocycles. The first kappa shape index (κ1) is 18.7. The molecule has 0 aliphatic heterocycles. The molecule has 5 nitrogen and oxygen atoms in total. The van der Waals surface area contributed by atoms with Crippen LogP contribution in [0.3, 0.4) is 0 Å². The molecule has 1 aliphatic carbocycles. The molecule has 0 bridgehead atoms. The summed E-state index contributed by atoms with van der Waals surface area (Å²) < 4.78 is 5.58. The van der Waals surface area contributed by atoms with E-state index in [1.54, 1.807) is 30.3 Å². The first-order valence-electron chi connectivity index (χ1n) is 9.15. The third kappa shape index (κ3) is 3.02. The van der Waals surface area contributed by atoms with E-state index < -0.39 is 5.78 Å². The Hall–Kier alpha value is -3.70. The zero-order valence-corrected chi connectivity index (χ0v) is 15.6. The van der Waals surface area contributed by atoms with E-state index in [0.717, 1.165) is 5.56 Å². The van der Waals surface area contributed by atoms with Gasteiger partial charge in [-0.1, -0.05) is 54.6 Å². The van der Waals surface area contributed by atoms with Gasteiger partial charge in [-0.05, 0) is 11.1 Å². The van der Waals surface area contributed by atoms with Gasteiger partial charge >= 0.3 is 0 Å². The number of anilines is 1. The largest absolute Gasteiger partial charge is 0.507 e. The molecular weight excluding hydrogens is 366 g/mol. The van der Waals surface area contributed by atoms with Crippen LogP contribution in [0.5, 0.6) is 5.75 Å². The summed E-state index contributed by atoms with van der Waals surface area (Å²) in [5.41, 5.74) is 9.09. The van der Waals surface area contributed by atoms with Gasteiger partial charge in [0.05, 0.1) is 18.8 Å². The number of phenolic OH excluding ortho intramolecular Hbond substituents is 1. The van der Waals surface area contributed by atoms with Crippen LogP contribution in [0.2, 0.25) is 0 Å². The minimum atomic E-state index is -0.394. The van der Waals surface area contributed by atoms with Crippen LogP contribution in [0.25, 0.3) is 11.1 Å². The average molecular weight is 385 g/mol. The van der Waals surface area contributed by atoms with E-state index in [2.05, 4.69) is 6.58 Å². The Morgan fingerprint density at radius 3 is 2.14 bits per heavy atom. The normalized spacial score (nSPS) is 12.4. The van der Waals surface area contributed by atoms with Crippen molar-refractivity contribution in [2.24, 2.45) is 0 Å². The second-order valence-corrected chi connectivity index (χ2v) is 6.77. The zero-order chi connectivity index (χ0) is 20.5. The number of ether oxygens (including phenoxy) is 1. The van der Waals surface area contributed by atoms with Gasteiger partial charge in [0.25, 0.3) is 0 Å². The Labute approximate surface area is 168 Å². The molecule has 4 rings (SSSR count). The van der Waals surface area contributed by atoms with Crippen LogP contribution in [-0.4, -0.2) is 23.3 Å². The molecule has 0 radical (unpaired) electrons. The van der Waals surface area contributed by atoms with Crippen molar-refractivity contribution >= 4 is 17.3 Å². The Morgan fingerprint density at radius 2 is 1.48 bits per heavy atom. The molecule has 144 valence electrons. The van der Waals surface area contributed by atoms with Crippen LogP contribution in [-0.2, 0) is 11.3 Å². The highest BCUT2D eigenvalue weighted by Gasteiger charge is 2.35. The fourth-order valence-corrected chi connectivity index (χ4v) is 3.73. The minimum absolute atomic E-state index is 0.0142. The molecule has 3 aromatic rings. The van der Waals surface area contributed by atoms with Gasteiger partial charge in [-0.3, -0.25) is 9.59 Å². The summed E-state index contributed by atoms with van der Waals surface area (Å²) in [6.45, 7) is 4.30. The topological polar surface area (TPSA) is 89.6 Å². The molecule has 0 spiro atoms. The van der Waals surface area contributed by atoms with Gasteiger partial charge in [0.1, 0.15) is 5.75 Å². The van der Waals surface area contributed by atoms with Gasteiger partial charge in [-0.15, -0.1) is 6.58 Å². The number of hydrogen-bond acceptors (Lipinski definition) is 5. The number of aromatic hydroxyl groups is 1. The zero-order valence-electron chi connectivity index (χ0n) is 15.6. The van der Waals surface area contributed by atoms with E-state index in [0.29, 0.717) is 23.3 Å². The molecule has 0 atom stereocenters. The van der Waals surface area contributed by atoms with Crippen molar-refractivity contribution in [2.75, 3.05) is 12.3 Å². The monoisotopic (exact) mass is 385 g/mol. The SMILES string of the molecule is C=CCOCc1ccccc1-c1c(N)cc(O)c2c1C(=O)c1ccccc1C2=O. The number of carbonyl (C=O) groups excluding carboxylic acids is 2. The third-order valence-corrected chi connectivity index (χ3v) is 4.99. The number of nitrogen functional groups attached to an aromatic ring is 1. The summed E-state index contributed by atoms with van der Waals surface area (Å²) >= 11 is 0. The van der Waals surface area contributed by atoms with Crippen LogP contribution >= 0.6 is 0 Å². The van der Waals surface area contributed by atoms with Gasteiger partial charge in [-0.2, -0.15) is 0 Å². The highest BCUT2D eigenvalue weighted by atomic mass is 16.5. The van der Waals surface area contributed by atoms with E-state index >= 15 is 0 Å².